The van der Waals surface area contributed by atoms with Gasteiger partial charge in [-0.1, -0.05) is 53.6 Å². The van der Waals surface area contributed by atoms with E-state index in [0.717, 1.165) is 105 Å². The summed E-state index contributed by atoms with van der Waals surface area (Å²) in [4.78, 5) is 124. The van der Waals surface area contributed by atoms with Crippen LogP contribution in [0.2, 0.25) is 0 Å². The van der Waals surface area contributed by atoms with E-state index in [-0.39, 0.29) is 65.3 Å². The number of amides is 5. The molecule has 12 rings (SSSR count). The van der Waals surface area contributed by atoms with E-state index >= 15 is 0 Å². The number of hydrogen-bond donors (Lipinski definition) is 9. The van der Waals surface area contributed by atoms with Gasteiger partial charge in [0.1, 0.15) is 45.9 Å². The van der Waals surface area contributed by atoms with Crippen molar-refractivity contribution in [3.05, 3.63) is 274 Å². The minimum Gasteiger partial charge on any atom is -0.481 e. The van der Waals surface area contributed by atoms with Crippen LogP contribution in [0.15, 0.2) is 151 Å². The number of carboxylic acid groups (broad SMARTS) is 2. The number of aliphatic imine (C=N–C) groups is 1. The summed E-state index contributed by atoms with van der Waals surface area (Å²) < 4.78 is 67.1. The minimum atomic E-state index is -1.45. The molecule has 652 valence electrons. The number of nitro groups is 2. The monoisotopic (exact) mass is 1840 g/mol. The number of carbonyl (C=O) groups is 8. The van der Waals surface area contributed by atoms with Crippen LogP contribution in [0.25, 0.3) is 14.5 Å². The van der Waals surface area contributed by atoms with E-state index < -0.39 is 96.8 Å². The number of aryl methyl sites for hydroxylation is 3. The molecular formula is C82H79Cl2F5FeN16O15S3. The molecule has 0 atom stereocenters. The van der Waals surface area contributed by atoms with E-state index in [9.17, 15) is 75.7 Å². The zero-order chi connectivity index (χ0) is 92.1. The second-order valence-electron chi connectivity index (χ2n) is 25.5. The quantitative estimate of drug-likeness (QED) is 0.00631. The summed E-state index contributed by atoms with van der Waals surface area (Å²) in [5, 5.41) is 60.1. The number of nitrogens with one attached hydrogen (secondary N) is 5. The maximum absolute atomic E-state index is 14.6. The molecule has 8 aromatic carbocycles. The maximum atomic E-state index is 14.6. The first-order valence-electron chi connectivity index (χ1n) is 35.4. The molecule has 0 bridgehead atoms. The van der Waals surface area contributed by atoms with Gasteiger partial charge >= 0.3 is 5.97 Å². The molecule has 5 amide bonds. The van der Waals surface area contributed by atoms with Crippen molar-refractivity contribution in [2.24, 2.45) is 4.99 Å². The second-order valence-corrected chi connectivity index (χ2v) is 27.9. The Morgan fingerprint density at radius 1 is 0.573 bits per heavy atom. The summed E-state index contributed by atoms with van der Waals surface area (Å²) in [6.07, 6.45) is 7.46. The number of isothiocyanates is 1. The van der Waals surface area contributed by atoms with Crippen LogP contribution in [-0.4, -0.2) is 126 Å². The predicted octanol–water partition coefficient (Wildman–Crippen LogP) is 16.6. The predicted molar refractivity (Wildman–Crippen MR) is 467 cm³/mol. The van der Waals surface area contributed by atoms with Crippen molar-refractivity contribution in [1.29, 1.82) is 5.26 Å². The third-order valence-corrected chi connectivity index (χ3v) is 17.8. The molecule has 42 heteroatoms. The third-order valence-electron chi connectivity index (χ3n) is 17.3. The number of hydrogen-bond acceptors (Lipinski definition) is 20. The fourth-order valence-corrected chi connectivity index (χ4v) is 11.2. The zero-order valence-electron chi connectivity index (χ0n) is 66.9. The molecule has 1 aliphatic heterocycles. The third kappa shape index (κ3) is 32.1. The summed E-state index contributed by atoms with van der Waals surface area (Å²) >= 11 is 23.7. The van der Waals surface area contributed by atoms with Crippen LogP contribution in [0.3, 0.4) is 0 Å². The number of Topliss-reactive ketones (excluding diaryl/α,β-unsaturated/α-hetero) is 1. The summed E-state index contributed by atoms with van der Waals surface area (Å²) in [5.74, 6) is -7.92. The molecule has 8 aromatic rings. The number of ketones is 1. The zero-order valence-corrected chi connectivity index (χ0v) is 72.0. The van der Waals surface area contributed by atoms with Crippen LogP contribution in [0.1, 0.15) is 133 Å². The summed E-state index contributed by atoms with van der Waals surface area (Å²) in [7, 11) is 5.68. The molecule has 124 heavy (non-hydrogen) atoms. The van der Waals surface area contributed by atoms with Crippen LogP contribution < -0.4 is 47.9 Å². The number of nitriles is 1. The van der Waals surface area contributed by atoms with Gasteiger partial charge < -0.3 is 58.6 Å². The van der Waals surface area contributed by atoms with Crippen LogP contribution in [0.5, 0.6) is 0 Å². The number of carbonyl (C=O) groups excluding carboxylic acids is 6. The Morgan fingerprint density at radius 2 is 0.935 bits per heavy atom. The van der Waals surface area contributed by atoms with Crippen molar-refractivity contribution in [3.63, 3.8) is 0 Å². The number of aromatic carboxylic acids is 1. The number of halogens is 7. The number of nitrogens with two attached hydrogens (primary N) is 2. The number of benzene rings is 8. The SMILES string of the molecule is CC(=O)O.CNC(=O)c1ccc(N)cc1F.CNC(=O)c1ccc(NC2(C#N)CCC2)cc1F.CNC(=O)c1ccc([N+](=O)[O-])cc1F.O.O=C(O)c1ccc([N+](=O)[O-])cc1F.O=C1CCC1.S=C(Cl)Cl.[C-]#[N+]c1ccc(N)cc1C.[C-]#[N+]c1ccc(N2C(=O)C3(CCC3)N(c3ccc(C(=O)NC)c(F)c3)C2=S)cc1C.[C-]#[N+]c1ccc(N=C=S)cc1C.[Fe]. The van der Waals surface area contributed by atoms with Crippen LogP contribution in [0.4, 0.5) is 84.5 Å². The van der Waals surface area contributed by atoms with E-state index in [4.69, 9.17) is 86.9 Å². The summed E-state index contributed by atoms with van der Waals surface area (Å²) in [6, 6.07) is 35.7. The number of nitrogen functional groups attached to an aromatic ring is 2. The molecule has 3 aliphatic carbocycles. The number of aliphatic carboxylic acids is 1. The molecular weight excluding hydrogens is 1770 g/mol. The van der Waals surface area contributed by atoms with Crippen molar-refractivity contribution < 1.29 is 103 Å². The number of rotatable bonds is 12. The van der Waals surface area contributed by atoms with Gasteiger partial charge in [-0.05, 0) is 210 Å². The molecule has 0 unspecified atom stereocenters. The molecule has 0 aromatic heterocycles. The number of thiocarbonyl (C=S) groups is 3. The Morgan fingerprint density at radius 3 is 1.27 bits per heavy atom. The number of nitro benzene ring substituents is 2. The minimum absolute atomic E-state index is 0. The van der Waals surface area contributed by atoms with Gasteiger partial charge in [0.25, 0.3) is 46.9 Å². The van der Waals surface area contributed by atoms with Gasteiger partial charge in [0.05, 0.1) is 86.4 Å². The first-order chi connectivity index (χ1) is 57.5. The van der Waals surface area contributed by atoms with Gasteiger partial charge in [0, 0.05) is 106 Å². The van der Waals surface area contributed by atoms with E-state index in [1.54, 1.807) is 65.6 Å². The average molecular weight is 1850 g/mol. The normalized spacial score (nSPS) is 12.3. The topological polar surface area (TPSA) is 463 Å². The van der Waals surface area contributed by atoms with E-state index in [0.29, 0.717) is 76.3 Å². The van der Waals surface area contributed by atoms with Crippen LogP contribution in [0, 0.1) is 101 Å². The van der Waals surface area contributed by atoms with E-state index in [2.05, 4.69) is 81.8 Å². The Balaban J connectivity index is 0.000000725. The number of anilines is 5. The second kappa shape index (κ2) is 52.5. The van der Waals surface area contributed by atoms with Gasteiger partial charge in [-0.25, -0.2) is 41.3 Å². The number of non-ortho nitro benzene ring substituents is 2. The first-order valence-corrected chi connectivity index (χ1v) is 37.4. The molecule has 4 fully saturated rings. The Kier molecular flexibility index (Phi) is 45.9. The van der Waals surface area contributed by atoms with Gasteiger partial charge in [0.2, 0.25) is 0 Å². The Hall–Kier alpha value is -13.6. The molecule has 3 saturated carbocycles. The maximum Gasteiger partial charge on any atom is 0.338 e. The van der Waals surface area contributed by atoms with Gasteiger partial charge in [-0.2, -0.15) is 10.3 Å². The number of carboxylic acids is 2. The smallest absolute Gasteiger partial charge is 0.338 e. The van der Waals surface area contributed by atoms with Gasteiger partial charge in [-0.15, -0.1) is 0 Å². The van der Waals surface area contributed by atoms with Gasteiger partial charge in [-0.3, -0.25) is 58.7 Å². The Labute approximate surface area is 744 Å². The first kappa shape index (κ1) is 108. The summed E-state index contributed by atoms with van der Waals surface area (Å²) in [6.45, 7) is 27.4. The fourth-order valence-electron chi connectivity index (χ4n) is 10.6. The van der Waals surface area contributed by atoms with E-state index in [1.807, 2.05) is 26.8 Å². The molecule has 0 radical (unpaired) electrons. The largest absolute Gasteiger partial charge is 0.481 e. The van der Waals surface area contributed by atoms with Crippen LogP contribution in [-0.2, 0) is 31.5 Å². The number of nitrogens with zero attached hydrogens (tertiary/aromatic N) is 9. The van der Waals surface area contributed by atoms with Gasteiger partial charge in [0.15, 0.2) is 26.0 Å². The van der Waals surface area contributed by atoms with Crippen molar-refractivity contribution in [1.82, 2.24) is 21.3 Å². The van der Waals surface area contributed by atoms with Crippen LogP contribution >= 0.6 is 59.9 Å². The van der Waals surface area contributed by atoms with Crippen molar-refractivity contribution in [2.45, 2.75) is 96.6 Å². The molecule has 4 aliphatic rings. The molecule has 1 saturated heterocycles. The average Bonchev–Trinajstić information content (AvgIpc) is 1.55. The standard InChI is InChI=1S/C22H19FN4O2S.C13H14FN3O.C9H6N2S.C8H7FN2O3.C8H9FN2O.C8H8N2.C7H4FNO4.C4H6O.C2H4O2.CCl2S.Fe.H2O/c1-13-11-14(6-8-18(13)24-2)26-20(29)22(9-4-10-22)27(21(26)30)15-5-7-16(17(23)12-15)19(28)25-3;1-16-12(18)10-4-3-9(7-11(10)14)17-13(8-15)5-2-6-13;1-7-5-8(11-6-12)3-4-9(7)10-2;1-10-8(12)6-3-2-5(11(13)14)4-7(6)9;1-11-8(12)6-3-2-5(10)4-7(6)9;1-6-5-7(9)3-4-8(6)10-2;8-6-3-4(9(12)13)1-2-5(6)7(10)11;5-4-2-1-3-4;1-2(3)4;2-1(3)4;;/h5-8,11-12H,4,9-10H2,1,3H3,(H,25,28);3-4,7,17H,2,5-6H2,1H3,(H,16,18);3-5H,1H3;2-4H,1H3,(H,10,12);2-4H,10H2,1H3,(H,11,12);3-5H,9H2,1H3;1-3H,(H,10,11);1-3H2;1H3,(H,3,4);;;1H2. The molecule has 1 spiro atoms. The van der Waals surface area contributed by atoms with Crippen molar-refractivity contribution >= 4 is 184 Å². The molecule has 13 N–H and O–H groups in total. The fraction of sp³-hybridized carbons (Fsp3) is 0.232. The molecule has 1 heterocycles. The summed E-state index contributed by atoms with van der Waals surface area (Å²) in [5.41, 5.74) is 15.4. The van der Waals surface area contributed by atoms with E-state index in [1.165, 1.54) is 69.5 Å². The molecule has 31 nitrogen and oxygen atoms in total. The van der Waals surface area contributed by atoms with Crippen molar-refractivity contribution in [2.75, 3.05) is 54.8 Å². The van der Waals surface area contributed by atoms with Crippen molar-refractivity contribution in [3.8, 4) is 6.07 Å². The Bertz CT molecular complexity index is 5520.